The van der Waals surface area contributed by atoms with Crippen molar-refractivity contribution in [1.82, 2.24) is 10.6 Å². The summed E-state index contributed by atoms with van der Waals surface area (Å²) >= 11 is 0. The molecule has 0 saturated heterocycles. The lowest BCUT2D eigenvalue weighted by Crippen LogP contribution is -2.53. The normalized spacial score (nSPS) is 15.5. The van der Waals surface area contributed by atoms with Crippen LogP contribution in [0, 0.1) is 0 Å². The quantitative estimate of drug-likeness (QED) is 0.304. The van der Waals surface area contributed by atoms with Gasteiger partial charge >= 0.3 is 0 Å². The second-order valence-corrected chi connectivity index (χ2v) is 2.05. The SMILES string of the molecule is CNC(N)C(C=O)NCC=O. The summed E-state index contributed by atoms with van der Waals surface area (Å²) < 4.78 is 0. The lowest BCUT2D eigenvalue weighted by atomic mass is 10.2. The Morgan fingerprint density at radius 2 is 2.18 bits per heavy atom. The van der Waals surface area contributed by atoms with Crippen LogP contribution in [0.5, 0.6) is 0 Å². The Bertz CT molecular complexity index is 129. The molecule has 5 nitrogen and oxygen atoms in total. The van der Waals surface area contributed by atoms with Crippen LogP contribution in [0.1, 0.15) is 0 Å². The van der Waals surface area contributed by atoms with E-state index >= 15 is 0 Å². The molecular weight excluding hydrogens is 146 g/mol. The monoisotopic (exact) mass is 159 g/mol. The van der Waals surface area contributed by atoms with E-state index in [-0.39, 0.29) is 6.54 Å². The van der Waals surface area contributed by atoms with Gasteiger partial charge in [-0.25, -0.2) is 0 Å². The van der Waals surface area contributed by atoms with Crippen LogP contribution < -0.4 is 16.4 Å². The van der Waals surface area contributed by atoms with Crippen molar-refractivity contribution in [3.05, 3.63) is 0 Å². The number of carbonyl (C=O) groups excluding carboxylic acids is 2. The molecule has 0 heterocycles. The zero-order valence-corrected chi connectivity index (χ0v) is 6.41. The Kier molecular flexibility index (Phi) is 5.54. The highest BCUT2D eigenvalue weighted by atomic mass is 16.1. The molecule has 0 saturated carbocycles. The van der Waals surface area contributed by atoms with Crippen molar-refractivity contribution in [2.75, 3.05) is 13.6 Å². The number of hydrogen-bond acceptors (Lipinski definition) is 5. The molecule has 2 unspecified atom stereocenters. The summed E-state index contributed by atoms with van der Waals surface area (Å²) in [6.45, 7) is 0.138. The smallest absolute Gasteiger partial charge is 0.139 e. The molecule has 5 heteroatoms. The molecule has 0 rings (SSSR count). The molecule has 0 aromatic carbocycles. The lowest BCUT2D eigenvalue weighted by Gasteiger charge is -2.17. The topological polar surface area (TPSA) is 84.2 Å². The molecule has 0 aliphatic rings. The predicted octanol–water partition coefficient (Wildman–Crippen LogP) is -2.15. The first-order chi connectivity index (χ1) is 5.26. The van der Waals surface area contributed by atoms with E-state index in [1.807, 2.05) is 0 Å². The summed E-state index contributed by atoms with van der Waals surface area (Å²) in [5.74, 6) is 0. The largest absolute Gasteiger partial charge is 0.314 e. The number of aldehydes is 2. The van der Waals surface area contributed by atoms with E-state index in [1.54, 1.807) is 7.05 Å². The van der Waals surface area contributed by atoms with Crippen LogP contribution in [0.2, 0.25) is 0 Å². The van der Waals surface area contributed by atoms with E-state index in [0.717, 1.165) is 0 Å². The average Bonchev–Trinajstić information content (AvgIpc) is 2.05. The fourth-order valence-electron chi connectivity index (χ4n) is 0.623. The van der Waals surface area contributed by atoms with Gasteiger partial charge in [-0.15, -0.1) is 0 Å². The van der Waals surface area contributed by atoms with Gasteiger partial charge in [-0.05, 0) is 7.05 Å². The van der Waals surface area contributed by atoms with E-state index < -0.39 is 12.2 Å². The van der Waals surface area contributed by atoms with E-state index in [0.29, 0.717) is 12.6 Å². The maximum atomic E-state index is 10.3. The molecule has 0 aliphatic carbocycles. The highest BCUT2D eigenvalue weighted by molar-refractivity contribution is 5.60. The zero-order valence-electron chi connectivity index (χ0n) is 6.41. The molecule has 11 heavy (non-hydrogen) atoms. The van der Waals surface area contributed by atoms with Crippen molar-refractivity contribution in [3.8, 4) is 0 Å². The van der Waals surface area contributed by atoms with Gasteiger partial charge in [-0.3, -0.25) is 5.32 Å². The summed E-state index contributed by atoms with van der Waals surface area (Å²) in [4.78, 5) is 20.2. The third-order valence-electron chi connectivity index (χ3n) is 1.30. The molecule has 0 bridgehead atoms. The Morgan fingerprint density at radius 1 is 1.55 bits per heavy atom. The first-order valence-electron chi connectivity index (χ1n) is 3.31. The summed E-state index contributed by atoms with van der Waals surface area (Å²) in [7, 11) is 1.64. The minimum absolute atomic E-state index is 0.138. The van der Waals surface area contributed by atoms with Crippen LogP contribution in [0.3, 0.4) is 0 Å². The van der Waals surface area contributed by atoms with Crippen LogP contribution >= 0.6 is 0 Å². The maximum absolute atomic E-state index is 10.3. The fraction of sp³-hybridized carbons (Fsp3) is 0.667. The lowest BCUT2D eigenvalue weighted by molar-refractivity contribution is -0.110. The van der Waals surface area contributed by atoms with E-state index in [9.17, 15) is 9.59 Å². The van der Waals surface area contributed by atoms with Crippen molar-refractivity contribution < 1.29 is 9.59 Å². The molecule has 0 spiro atoms. The number of nitrogens with two attached hydrogens (primary N) is 1. The fourth-order valence-corrected chi connectivity index (χ4v) is 0.623. The minimum atomic E-state index is -0.509. The first-order valence-corrected chi connectivity index (χ1v) is 3.31. The number of nitrogens with one attached hydrogen (secondary N) is 2. The van der Waals surface area contributed by atoms with Crippen LogP contribution in [-0.4, -0.2) is 38.4 Å². The zero-order chi connectivity index (χ0) is 8.69. The molecule has 0 radical (unpaired) electrons. The molecule has 0 aromatic rings. The van der Waals surface area contributed by atoms with Crippen molar-refractivity contribution in [2.45, 2.75) is 12.2 Å². The van der Waals surface area contributed by atoms with Gasteiger partial charge < -0.3 is 20.6 Å². The van der Waals surface area contributed by atoms with Crippen molar-refractivity contribution in [3.63, 3.8) is 0 Å². The van der Waals surface area contributed by atoms with Crippen LogP contribution in [-0.2, 0) is 9.59 Å². The Balaban J connectivity index is 3.73. The van der Waals surface area contributed by atoms with Crippen molar-refractivity contribution in [1.29, 1.82) is 0 Å². The first kappa shape index (κ1) is 10.2. The van der Waals surface area contributed by atoms with Crippen LogP contribution in [0.25, 0.3) is 0 Å². The standard InChI is InChI=1S/C6H13N3O2/c1-8-6(7)5(4-11)9-2-3-10/h3-6,8-9H,2,7H2,1H3. The molecule has 2 atom stereocenters. The molecule has 64 valence electrons. The Morgan fingerprint density at radius 3 is 2.55 bits per heavy atom. The van der Waals surface area contributed by atoms with Gasteiger partial charge in [0.05, 0.1) is 18.8 Å². The van der Waals surface area contributed by atoms with Crippen molar-refractivity contribution >= 4 is 12.6 Å². The van der Waals surface area contributed by atoms with E-state index in [2.05, 4.69) is 10.6 Å². The van der Waals surface area contributed by atoms with E-state index in [1.165, 1.54) is 0 Å². The Labute approximate surface area is 65.3 Å². The van der Waals surface area contributed by atoms with Gasteiger partial charge in [-0.1, -0.05) is 0 Å². The van der Waals surface area contributed by atoms with Crippen LogP contribution in [0.15, 0.2) is 0 Å². The average molecular weight is 159 g/mol. The van der Waals surface area contributed by atoms with Gasteiger partial charge in [-0.2, -0.15) is 0 Å². The summed E-state index contributed by atoms with van der Waals surface area (Å²) in [5.41, 5.74) is 5.45. The molecule has 0 aliphatic heterocycles. The number of carbonyl (C=O) groups is 2. The van der Waals surface area contributed by atoms with Gasteiger partial charge in [0, 0.05) is 0 Å². The Hall–Kier alpha value is -0.780. The van der Waals surface area contributed by atoms with Gasteiger partial charge in [0.25, 0.3) is 0 Å². The van der Waals surface area contributed by atoms with Gasteiger partial charge in [0.15, 0.2) is 0 Å². The second kappa shape index (κ2) is 5.96. The van der Waals surface area contributed by atoms with Gasteiger partial charge in [0.2, 0.25) is 0 Å². The minimum Gasteiger partial charge on any atom is -0.314 e. The van der Waals surface area contributed by atoms with Crippen molar-refractivity contribution in [2.24, 2.45) is 5.73 Å². The van der Waals surface area contributed by atoms with E-state index in [4.69, 9.17) is 5.73 Å². The number of hydrogen-bond donors (Lipinski definition) is 3. The second-order valence-electron chi connectivity index (χ2n) is 2.05. The number of likely N-dealkylation sites (N-methyl/N-ethyl adjacent to an activating group) is 1. The van der Waals surface area contributed by atoms with Crippen LogP contribution in [0.4, 0.5) is 0 Å². The molecule has 0 fully saturated rings. The summed E-state index contributed by atoms with van der Waals surface area (Å²) in [5, 5.41) is 5.34. The highest BCUT2D eigenvalue weighted by Gasteiger charge is 2.12. The molecule has 0 amide bonds. The summed E-state index contributed by atoms with van der Waals surface area (Å²) in [6, 6.07) is -0.509. The van der Waals surface area contributed by atoms with Gasteiger partial charge in [0.1, 0.15) is 12.6 Å². The third kappa shape index (κ3) is 3.82. The molecule has 4 N–H and O–H groups in total. The summed E-state index contributed by atoms with van der Waals surface area (Å²) in [6.07, 6.45) is 0.899. The molecule has 0 aromatic heterocycles. The highest BCUT2D eigenvalue weighted by Crippen LogP contribution is 1.79. The molecular formula is C6H13N3O2. The predicted molar refractivity (Wildman–Crippen MR) is 41.0 cm³/mol. The maximum Gasteiger partial charge on any atom is 0.139 e. The number of rotatable bonds is 6. The third-order valence-corrected chi connectivity index (χ3v) is 1.30.